The van der Waals surface area contributed by atoms with Gasteiger partial charge in [0.25, 0.3) is 11.8 Å². The Labute approximate surface area is 154 Å². The normalized spacial score (nSPS) is 21.5. The summed E-state index contributed by atoms with van der Waals surface area (Å²) in [6.07, 6.45) is 0. The van der Waals surface area contributed by atoms with E-state index < -0.39 is 18.0 Å². The van der Waals surface area contributed by atoms with Gasteiger partial charge >= 0.3 is 0 Å². The summed E-state index contributed by atoms with van der Waals surface area (Å²) < 4.78 is 5.22. The van der Waals surface area contributed by atoms with Crippen molar-refractivity contribution in [2.24, 2.45) is 10.3 Å². The zero-order chi connectivity index (χ0) is 18.3. The molecule has 0 saturated carbocycles. The van der Waals surface area contributed by atoms with Gasteiger partial charge in [-0.05, 0) is 29.8 Å². The highest BCUT2D eigenvalue weighted by atomic mass is 35.5. The van der Waals surface area contributed by atoms with E-state index in [0.29, 0.717) is 23.0 Å². The fraction of sp³-hybridized carbons (Fsp3) is 0.222. The van der Waals surface area contributed by atoms with Crippen molar-refractivity contribution in [1.29, 1.82) is 0 Å². The summed E-state index contributed by atoms with van der Waals surface area (Å²) in [6.45, 7) is 0.344. The van der Waals surface area contributed by atoms with Crippen molar-refractivity contribution in [1.82, 2.24) is 5.01 Å². The summed E-state index contributed by atoms with van der Waals surface area (Å²) in [5, 5.41) is 9.93. The van der Waals surface area contributed by atoms with Crippen LogP contribution in [0.5, 0.6) is 5.75 Å². The maximum atomic E-state index is 12.9. The molecule has 132 valence electrons. The van der Waals surface area contributed by atoms with Gasteiger partial charge in [0.2, 0.25) is 0 Å². The number of para-hydroxylation sites is 1. The van der Waals surface area contributed by atoms with Gasteiger partial charge in [-0.2, -0.15) is 5.11 Å². The molecular weight excluding hydrogens is 356 g/mol. The van der Waals surface area contributed by atoms with E-state index in [0.717, 1.165) is 10.5 Å². The van der Waals surface area contributed by atoms with Crippen molar-refractivity contribution in [3.8, 4) is 5.75 Å². The maximum Gasteiger partial charge on any atom is 0.263 e. The SMILES string of the molecule is COc1cccc(CN2N=NC3C(=O)N(c4ccccc4Cl)C(=O)C32)c1. The van der Waals surface area contributed by atoms with Crippen LogP contribution in [0, 0.1) is 0 Å². The molecule has 2 amide bonds. The molecule has 0 aliphatic carbocycles. The number of hydrogen-bond donors (Lipinski definition) is 0. The third-order valence-corrected chi connectivity index (χ3v) is 4.75. The molecule has 0 radical (unpaired) electrons. The topological polar surface area (TPSA) is 74.6 Å². The highest BCUT2D eigenvalue weighted by molar-refractivity contribution is 6.36. The molecule has 0 spiro atoms. The van der Waals surface area contributed by atoms with E-state index >= 15 is 0 Å². The number of halogens is 1. The van der Waals surface area contributed by atoms with Crippen LogP contribution in [0.25, 0.3) is 0 Å². The van der Waals surface area contributed by atoms with Crippen LogP contribution in [0.3, 0.4) is 0 Å². The average molecular weight is 371 g/mol. The highest BCUT2D eigenvalue weighted by Crippen LogP contribution is 2.35. The molecule has 2 aliphatic rings. The number of ether oxygens (including phenoxy) is 1. The fourth-order valence-corrected chi connectivity index (χ4v) is 3.40. The van der Waals surface area contributed by atoms with Crippen LogP contribution in [-0.4, -0.2) is 36.0 Å². The second-order valence-electron chi connectivity index (χ2n) is 6.01. The first-order chi connectivity index (χ1) is 12.6. The first kappa shape index (κ1) is 16.5. The molecule has 0 N–H and O–H groups in total. The van der Waals surface area contributed by atoms with Crippen molar-refractivity contribution >= 4 is 29.1 Å². The van der Waals surface area contributed by atoms with Gasteiger partial charge in [0, 0.05) is 0 Å². The summed E-state index contributed by atoms with van der Waals surface area (Å²) in [5.41, 5.74) is 1.27. The molecule has 4 rings (SSSR count). The van der Waals surface area contributed by atoms with Crippen LogP contribution in [0.2, 0.25) is 5.02 Å². The van der Waals surface area contributed by atoms with Gasteiger partial charge in [-0.25, -0.2) is 4.90 Å². The standard InChI is InChI=1S/C18H15ClN4O3/c1-26-12-6-4-5-11(9-12)10-22-16-15(20-21-22)17(24)23(18(16)25)14-8-3-2-7-13(14)19/h2-9,15-16H,10H2,1H3. The average Bonchev–Trinajstić information content (AvgIpc) is 3.16. The molecular formula is C18H15ClN4O3. The van der Waals surface area contributed by atoms with Crippen molar-refractivity contribution in [3.63, 3.8) is 0 Å². The van der Waals surface area contributed by atoms with Gasteiger partial charge in [-0.1, -0.05) is 41.1 Å². The molecule has 1 saturated heterocycles. The minimum absolute atomic E-state index is 0.338. The third kappa shape index (κ3) is 2.61. The zero-order valence-corrected chi connectivity index (χ0v) is 14.6. The lowest BCUT2D eigenvalue weighted by atomic mass is 10.1. The van der Waals surface area contributed by atoms with E-state index in [4.69, 9.17) is 16.3 Å². The van der Waals surface area contributed by atoms with Gasteiger partial charge in [0.15, 0.2) is 12.1 Å². The van der Waals surface area contributed by atoms with E-state index in [2.05, 4.69) is 10.3 Å². The number of carbonyl (C=O) groups excluding carboxylic acids is 2. The maximum absolute atomic E-state index is 12.9. The smallest absolute Gasteiger partial charge is 0.263 e. The van der Waals surface area contributed by atoms with Gasteiger partial charge in [-0.15, -0.1) is 0 Å². The number of amides is 2. The van der Waals surface area contributed by atoms with Crippen LogP contribution in [-0.2, 0) is 16.1 Å². The zero-order valence-electron chi connectivity index (χ0n) is 13.9. The van der Waals surface area contributed by atoms with E-state index in [1.165, 1.54) is 5.01 Å². The molecule has 2 unspecified atom stereocenters. The number of hydrogen-bond acceptors (Lipinski definition) is 6. The molecule has 2 aromatic carbocycles. The quantitative estimate of drug-likeness (QED) is 0.775. The van der Waals surface area contributed by atoms with Gasteiger partial charge in [0.1, 0.15) is 5.75 Å². The third-order valence-electron chi connectivity index (χ3n) is 4.43. The summed E-state index contributed by atoms with van der Waals surface area (Å²) in [4.78, 5) is 26.7. The van der Waals surface area contributed by atoms with Gasteiger partial charge in [0.05, 0.1) is 24.4 Å². The second-order valence-corrected chi connectivity index (χ2v) is 6.41. The largest absolute Gasteiger partial charge is 0.497 e. The van der Waals surface area contributed by atoms with Crippen LogP contribution in [0.4, 0.5) is 5.69 Å². The molecule has 0 aromatic heterocycles. The lowest BCUT2D eigenvalue weighted by molar-refractivity contribution is -0.123. The number of anilines is 1. The summed E-state index contributed by atoms with van der Waals surface area (Å²) in [7, 11) is 1.59. The van der Waals surface area contributed by atoms with E-state index in [1.807, 2.05) is 24.3 Å². The number of carbonyl (C=O) groups is 2. The molecule has 26 heavy (non-hydrogen) atoms. The van der Waals surface area contributed by atoms with Crippen molar-refractivity contribution in [3.05, 3.63) is 59.1 Å². The first-order valence-electron chi connectivity index (χ1n) is 8.03. The van der Waals surface area contributed by atoms with Crippen molar-refractivity contribution < 1.29 is 14.3 Å². The summed E-state index contributed by atoms with van der Waals surface area (Å²) in [6, 6.07) is 12.6. The monoisotopic (exact) mass is 370 g/mol. The van der Waals surface area contributed by atoms with Crippen LogP contribution >= 0.6 is 11.6 Å². The van der Waals surface area contributed by atoms with Crippen LogP contribution in [0.1, 0.15) is 5.56 Å². The minimum Gasteiger partial charge on any atom is -0.497 e. The minimum atomic E-state index is -0.843. The summed E-state index contributed by atoms with van der Waals surface area (Å²) >= 11 is 6.16. The predicted molar refractivity (Wildman–Crippen MR) is 94.9 cm³/mol. The van der Waals surface area contributed by atoms with E-state index in [-0.39, 0.29) is 5.91 Å². The van der Waals surface area contributed by atoms with Crippen LogP contribution < -0.4 is 9.64 Å². The molecule has 1 fully saturated rings. The Kier molecular flexibility index (Phi) is 4.08. The Morgan fingerprint density at radius 1 is 1.12 bits per heavy atom. The molecule has 2 heterocycles. The molecule has 2 aromatic rings. The number of benzene rings is 2. The Balaban J connectivity index is 1.61. The first-order valence-corrected chi connectivity index (χ1v) is 8.40. The second kappa shape index (κ2) is 6.42. The number of fused-ring (bicyclic) bond motifs is 1. The molecule has 8 heteroatoms. The van der Waals surface area contributed by atoms with Crippen molar-refractivity contribution in [2.75, 3.05) is 12.0 Å². The Morgan fingerprint density at radius 2 is 1.92 bits per heavy atom. The number of nitrogens with zero attached hydrogens (tertiary/aromatic N) is 4. The fourth-order valence-electron chi connectivity index (χ4n) is 3.18. The molecule has 2 atom stereocenters. The van der Waals surface area contributed by atoms with Crippen molar-refractivity contribution in [2.45, 2.75) is 18.6 Å². The lowest BCUT2D eigenvalue weighted by Gasteiger charge is -2.21. The van der Waals surface area contributed by atoms with Gasteiger partial charge in [-0.3, -0.25) is 14.6 Å². The van der Waals surface area contributed by atoms with E-state index in [1.54, 1.807) is 31.4 Å². The van der Waals surface area contributed by atoms with E-state index in [9.17, 15) is 9.59 Å². The lowest BCUT2D eigenvalue weighted by Crippen LogP contribution is -2.39. The number of imide groups is 1. The van der Waals surface area contributed by atoms with Crippen LogP contribution in [0.15, 0.2) is 58.9 Å². The molecule has 2 aliphatic heterocycles. The van der Waals surface area contributed by atoms with Gasteiger partial charge < -0.3 is 4.74 Å². The molecule has 0 bridgehead atoms. The Morgan fingerprint density at radius 3 is 2.69 bits per heavy atom. The molecule has 7 nitrogen and oxygen atoms in total. The highest BCUT2D eigenvalue weighted by Gasteiger charge is 2.55. The number of rotatable bonds is 4. The summed E-state index contributed by atoms with van der Waals surface area (Å²) in [5.74, 6) is -0.0762. The Hall–Kier alpha value is -2.93. The predicted octanol–water partition coefficient (Wildman–Crippen LogP) is 2.84. The Bertz CT molecular complexity index is 917. The number of methoxy groups -OCH3 is 1.